The summed E-state index contributed by atoms with van der Waals surface area (Å²) in [5, 5.41) is 16.2. The number of benzene rings is 1. The van der Waals surface area contributed by atoms with E-state index < -0.39 is 0 Å². The molecule has 1 heterocycles. The molecule has 0 saturated heterocycles. The van der Waals surface area contributed by atoms with E-state index in [9.17, 15) is 5.11 Å². The van der Waals surface area contributed by atoms with Crippen LogP contribution in [0.5, 0.6) is 0 Å². The molecule has 2 aromatic rings. The molecule has 6 nitrogen and oxygen atoms in total. The molecule has 0 aliphatic heterocycles. The summed E-state index contributed by atoms with van der Waals surface area (Å²) in [7, 11) is 0. The fourth-order valence-electron chi connectivity index (χ4n) is 2.96. The van der Waals surface area contributed by atoms with E-state index in [0.717, 1.165) is 37.8 Å². The number of rotatable bonds is 10. The van der Waals surface area contributed by atoms with E-state index in [4.69, 9.17) is 0 Å². The fraction of sp³-hybridized carbons (Fsp3) is 0.550. The smallest absolute Gasteiger partial charge is 0.232 e. The van der Waals surface area contributed by atoms with E-state index in [0.29, 0.717) is 17.7 Å². The Hall–Kier alpha value is -2.21. The number of hydrogen-bond donors (Lipinski definition) is 3. The van der Waals surface area contributed by atoms with Crippen LogP contribution in [0.2, 0.25) is 0 Å². The summed E-state index contributed by atoms with van der Waals surface area (Å²) in [5.41, 5.74) is 3.57. The van der Waals surface area contributed by atoms with E-state index in [-0.39, 0.29) is 12.6 Å². The maximum atomic E-state index is 9.58. The summed E-state index contributed by atoms with van der Waals surface area (Å²) >= 11 is 0. The van der Waals surface area contributed by atoms with Gasteiger partial charge in [-0.05, 0) is 37.3 Å². The molecule has 0 aliphatic rings. The van der Waals surface area contributed by atoms with Crippen molar-refractivity contribution in [2.24, 2.45) is 0 Å². The Bertz CT molecular complexity index is 682. The average Bonchev–Trinajstić information content (AvgIpc) is 2.64. The molecule has 0 bridgehead atoms. The lowest BCUT2D eigenvalue weighted by Gasteiger charge is -2.18. The van der Waals surface area contributed by atoms with E-state index in [1.807, 2.05) is 6.92 Å². The zero-order valence-electron chi connectivity index (χ0n) is 16.3. The number of unbranched alkanes of at least 4 members (excludes halogenated alkanes) is 1. The Morgan fingerprint density at radius 1 is 1.00 bits per heavy atom. The normalized spacial score (nSPS) is 12.0. The molecule has 142 valence electrons. The van der Waals surface area contributed by atoms with Gasteiger partial charge in [0.25, 0.3) is 0 Å². The fourth-order valence-corrected chi connectivity index (χ4v) is 2.96. The molecule has 1 unspecified atom stereocenters. The van der Waals surface area contributed by atoms with Gasteiger partial charge in [0.15, 0.2) is 0 Å². The van der Waals surface area contributed by atoms with Crippen molar-refractivity contribution in [1.29, 1.82) is 0 Å². The molecule has 1 atom stereocenters. The van der Waals surface area contributed by atoms with Crippen LogP contribution in [-0.2, 0) is 12.8 Å². The van der Waals surface area contributed by atoms with Crippen LogP contribution in [-0.4, -0.2) is 32.7 Å². The number of aromatic nitrogens is 3. The van der Waals surface area contributed by atoms with Gasteiger partial charge in [0.1, 0.15) is 5.82 Å². The summed E-state index contributed by atoms with van der Waals surface area (Å²) in [6.45, 7) is 8.34. The summed E-state index contributed by atoms with van der Waals surface area (Å²) in [5.74, 6) is 1.68. The van der Waals surface area contributed by atoms with Gasteiger partial charge >= 0.3 is 0 Å². The third-order valence-electron chi connectivity index (χ3n) is 4.44. The van der Waals surface area contributed by atoms with E-state index in [1.165, 1.54) is 11.1 Å². The first-order valence-electron chi connectivity index (χ1n) is 9.59. The summed E-state index contributed by atoms with van der Waals surface area (Å²) in [4.78, 5) is 13.3. The van der Waals surface area contributed by atoms with Gasteiger partial charge in [0.05, 0.1) is 12.6 Å². The van der Waals surface area contributed by atoms with Crippen molar-refractivity contribution in [2.45, 2.75) is 65.8 Å². The molecule has 0 saturated carbocycles. The highest BCUT2D eigenvalue weighted by atomic mass is 16.3. The van der Waals surface area contributed by atoms with Crippen LogP contribution < -0.4 is 10.6 Å². The van der Waals surface area contributed by atoms with Gasteiger partial charge in [0, 0.05) is 5.69 Å². The third kappa shape index (κ3) is 5.39. The molecule has 0 amide bonds. The minimum Gasteiger partial charge on any atom is -0.394 e. The average molecular weight is 358 g/mol. The van der Waals surface area contributed by atoms with Crippen LogP contribution in [0.15, 0.2) is 18.2 Å². The SMILES string of the molecule is CCCCC(CO)Nc1nc(C)nc(Nc2c(CC)cccc2CC)n1. The molecule has 2 rings (SSSR count). The predicted molar refractivity (Wildman–Crippen MR) is 107 cm³/mol. The number of para-hydroxylation sites is 1. The summed E-state index contributed by atoms with van der Waals surface area (Å²) < 4.78 is 0. The van der Waals surface area contributed by atoms with Crippen LogP contribution in [0.4, 0.5) is 17.6 Å². The second-order valence-electron chi connectivity index (χ2n) is 6.48. The lowest BCUT2D eigenvalue weighted by Crippen LogP contribution is -2.25. The highest BCUT2D eigenvalue weighted by Gasteiger charge is 2.13. The molecular weight excluding hydrogens is 326 g/mol. The van der Waals surface area contributed by atoms with Crippen molar-refractivity contribution in [3.8, 4) is 0 Å². The van der Waals surface area contributed by atoms with Crippen molar-refractivity contribution in [1.82, 2.24) is 15.0 Å². The number of hydrogen-bond acceptors (Lipinski definition) is 6. The van der Waals surface area contributed by atoms with Gasteiger partial charge < -0.3 is 15.7 Å². The Labute approximate surface area is 156 Å². The quantitative estimate of drug-likeness (QED) is 0.596. The van der Waals surface area contributed by atoms with Gasteiger partial charge in [-0.1, -0.05) is 51.8 Å². The second-order valence-corrected chi connectivity index (χ2v) is 6.48. The van der Waals surface area contributed by atoms with Gasteiger partial charge in [-0.2, -0.15) is 15.0 Å². The van der Waals surface area contributed by atoms with E-state index >= 15 is 0 Å². The minimum absolute atomic E-state index is 0.0428. The third-order valence-corrected chi connectivity index (χ3v) is 4.44. The van der Waals surface area contributed by atoms with Gasteiger partial charge in [0.2, 0.25) is 11.9 Å². The highest BCUT2D eigenvalue weighted by molar-refractivity contribution is 5.64. The van der Waals surface area contributed by atoms with Crippen LogP contribution in [0.3, 0.4) is 0 Å². The second kappa shape index (κ2) is 10.1. The zero-order valence-corrected chi connectivity index (χ0v) is 16.3. The minimum atomic E-state index is -0.0428. The first-order valence-corrected chi connectivity index (χ1v) is 9.59. The van der Waals surface area contributed by atoms with Crippen molar-refractivity contribution in [2.75, 3.05) is 17.2 Å². The Morgan fingerprint density at radius 3 is 2.23 bits per heavy atom. The first-order chi connectivity index (χ1) is 12.6. The molecule has 26 heavy (non-hydrogen) atoms. The lowest BCUT2D eigenvalue weighted by atomic mass is 10.0. The number of nitrogens with zero attached hydrogens (tertiary/aromatic N) is 3. The number of anilines is 3. The molecule has 6 heteroatoms. The first kappa shape index (κ1) is 20.1. The molecule has 0 aliphatic carbocycles. The predicted octanol–water partition coefficient (Wildman–Crippen LogP) is 4.01. The van der Waals surface area contributed by atoms with Crippen LogP contribution in [0.25, 0.3) is 0 Å². The largest absolute Gasteiger partial charge is 0.394 e. The molecule has 3 N–H and O–H groups in total. The molecule has 0 spiro atoms. The molecule has 1 aromatic carbocycles. The maximum absolute atomic E-state index is 9.58. The summed E-state index contributed by atoms with van der Waals surface area (Å²) in [6, 6.07) is 6.30. The summed E-state index contributed by atoms with van der Waals surface area (Å²) in [6.07, 6.45) is 4.91. The molecule has 0 fully saturated rings. The van der Waals surface area contributed by atoms with E-state index in [1.54, 1.807) is 0 Å². The standard InChI is InChI=1S/C20H31N5O/c1-5-8-12-17(13-26)23-19-21-14(4)22-20(25-19)24-18-15(6-2)10-9-11-16(18)7-3/h9-11,17,26H,5-8,12-13H2,1-4H3,(H2,21,22,23,24,25). The van der Waals surface area contributed by atoms with Crippen molar-refractivity contribution in [3.05, 3.63) is 35.2 Å². The van der Waals surface area contributed by atoms with Gasteiger partial charge in [-0.15, -0.1) is 0 Å². The van der Waals surface area contributed by atoms with Crippen LogP contribution in [0.1, 0.15) is 57.0 Å². The topological polar surface area (TPSA) is 83.0 Å². The Balaban J connectivity index is 2.25. The number of aliphatic hydroxyl groups excluding tert-OH is 1. The van der Waals surface area contributed by atoms with Crippen molar-refractivity contribution >= 4 is 17.6 Å². The monoisotopic (exact) mass is 357 g/mol. The molecular formula is C20H31N5O. The lowest BCUT2D eigenvalue weighted by molar-refractivity contribution is 0.266. The number of aliphatic hydroxyl groups is 1. The van der Waals surface area contributed by atoms with Crippen molar-refractivity contribution < 1.29 is 5.11 Å². The van der Waals surface area contributed by atoms with Gasteiger partial charge in [-0.3, -0.25) is 0 Å². The van der Waals surface area contributed by atoms with E-state index in [2.05, 4.69) is 64.6 Å². The molecule has 0 radical (unpaired) electrons. The highest BCUT2D eigenvalue weighted by Crippen LogP contribution is 2.25. The van der Waals surface area contributed by atoms with Gasteiger partial charge in [-0.25, -0.2) is 0 Å². The number of nitrogens with one attached hydrogen (secondary N) is 2. The maximum Gasteiger partial charge on any atom is 0.232 e. The Morgan fingerprint density at radius 2 is 1.65 bits per heavy atom. The van der Waals surface area contributed by atoms with Crippen LogP contribution in [0, 0.1) is 6.92 Å². The van der Waals surface area contributed by atoms with Crippen LogP contribution >= 0.6 is 0 Å². The molecule has 1 aromatic heterocycles. The number of aryl methyl sites for hydroxylation is 3. The Kier molecular flexibility index (Phi) is 7.78. The van der Waals surface area contributed by atoms with Crippen molar-refractivity contribution in [3.63, 3.8) is 0 Å². The zero-order chi connectivity index (χ0) is 18.9.